The van der Waals surface area contributed by atoms with E-state index in [1.165, 1.54) is 43.5 Å². The molecule has 1 heterocycles. The van der Waals surface area contributed by atoms with Gasteiger partial charge in [0.05, 0.1) is 25.2 Å². The summed E-state index contributed by atoms with van der Waals surface area (Å²) < 4.78 is 97.6. The first kappa shape index (κ1) is 29.3. The molecule has 11 heteroatoms. The van der Waals surface area contributed by atoms with E-state index in [0.717, 1.165) is 19.3 Å². The van der Waals surface area contributed by atoms with Gasteiger partial charge in [-0.25, -0.2) is 4.79 Å². The second-order valence-corrected chi connectivity index (χ2v) is 8.93. The molecule has 1 atom stereocenters. The molecule has 3 aromatic rings. The zero-order valence-corrected chi connectivity index (χ0v) is 20.9. The van der Waals surface area contributed by atoms with Crippen LogP contribution in [0.3, 0.4) is 0 Å². The van der Waals surface area contributed by atoms with Crippen LogP contribution in [0.2, 0.25) is 0 Å². The number of benzene rings is 2. The van der Waals surface area contributed by atoms with E-state index in [0.29, 0.717) is 17.4 Å². The van der Waals surface area contributed by atoms with Crippen molar-refractivity contribution in [2.75, 3.05) is 20.3 Å². The van der Waals surface area contributed by atoms with E-state index >= 15 is 0 Å². The Morgan fingerprint density at radius 2 is 1.68 bits per heavy atom. The minimum absolute atomic E-state index is 0.0600. The van der Waals surface area contributed by atoms with E-state index in [1.807, 2.05) is 6.92 Å². The van der Waals surface area contributed by atoms with Crippen molar-refractivity contribution in [3.63, 3.8) is 0 Å². The Kier molecular flexibility index (Phi) is 9.70. The molecule has 0 radical (unpaired) electrons. The third-order valence-electron chi connectivity index (χ3n) is 5.75. The summed E-state index contributed by atoms with van der Waals surface area (Å²) in [6, 6.07) is 9.99. The highest BCUT2D eigenvalue weighted by atomic mass is 19.4. The molecule has 38 heavy (non-hydrogen) atoms. The Labute approximate surface area is 215 Å². The van der Waals surface area contributed by atoms with Gasteiger partial charge in [0.25, 0.3) is 0 Å². The van der Waals surface area contributed by atoms with Gasteiger partial charge in [0.15, 0.2) is 0 Å². The highest BCUT2D eigenvalue weighted by molar-refractivity contribution is 5.84. The number of rotatable bonds is 12. The van der Waals surface area contributed by atoms with E-state index in [4.69, 9.17) is 13.9 Å². The normalized spacial score (nSPS) is 13.1. The molecule has 0 saturated carbocycles. The molecule has 0 N–H and O–H groups in total. The van der Waals surface area contributed by atoms with Crippen LogP contribution in [-0.2, 0) is 11.2 Å². The van der Waals surface area contributed by atoms with Crippen molar-refractivity contribution in [3.05, 3.63) is 58.4 Å². The van der Waals surface area contributed by atoms with Crippen molar-refractivity contribution in [1.29, 1.82) is 0 Å². The summed E-state index contributed by atoms with van der Waals surface area (Å²) in [5.41, 5.74) is -0.409. The molecule has 0 fully saturated rings. The molecule has 0 aliphatic rings. The Morgan fingerprint density at radius 1 is 0.921 bits per heavy atom. The molecule has 208 valence electrons. The Morgan fingerprint density at radius 3 is 2.34 bits per heavy atom. The lowest BCUT2D eigenvalue weighted by Gasteiger charge is -2.18. The highest BCUT2D eigenvalue weighted by Gasteiger charge is 2.33. The maximum absolute atomic E-state index is 13.1. The molecular weight excluding hydrogens is 518 g/mol. The van der Waals surface area contributed by atoms with Gasteiger partial charge in [-0.2, -0.15) is 13.2 Å². The van der Waals surface area contributed by atoms with E-state index in [9.17, 15) is 31.1 Å². The summed E-state index contributed by atoms with van der Waals surface area (Å²) in [4.78, 5) is 12.8. The SMILES string of the molecule is CCCCCc1ccc(-c2cc3ccc(OCC(COC)CC(F)(F)F)cc3oc2=O)c(OC(F)(F)F)c1. The Bertz CT molecular complexity index is 1270. The maximum atomic E-state index is 13.1. The van der Waals surface area contributed by atoms with Crippen LogP contribution in [0.4, 0.5) is 26.3 Å². The molecule has 0 aliphatic heterocycles. The first-order valence-electron chi connectivity index (χ1n) is 12.0. The van der Waals surface area contributed by atoms with Crippen molar-refractivity contribution in [3.8, 4) is 22.6 Å². The molecule has 1 unspecified atom stereocenters. The summed E-state index contributed by atoms with van der Waals surface area (Å²) in [6.07, 6.45) is -7.21. The first-order chi connectivity index (χ1) is 17.9. The fraction of sp³-hybridized carbons (Fsp3) is 0.444. The van der Waals surface area contributed by atoms with Crippen LogP contribution < -0.4 is 15.1 Å². The molecule has 5 nitrogen and oxygen atoms in total. The third-order valence-corrected chi connectivity index (χ3v) is 5.75. The zero-order chi connectivity index (χ0) is 27.9. The summed E-state index contributed by atoms with van der Waals surface area (Å²) in [6.45, 7) is 1.57. The fourth-order valence-electron chi connectivity index (χ4n) is 4.05. The average molecular weight is 547 g/mol. The average Bonchev–Trinajstić information content (AvgIpc) is 2.81. The van der Waals surface area contributed by atoms with Crippen molar-refractivity contribution >= 4 is 11.0 Å². The van der Waals surface area contributed by atoms with Gasteiger partial charge in [0, 0.05) is 30.0 Å². The number of hydrogen-bond acceptors (Lipinski definition) is 5. The number of halogens is 6. The van der Waals surface area contributed by atoms with Crippen LogP contribution in [0.1, 0.15) is 38.2 Å². The molecule has 3 rings (SSSR count). The molecule has 0 bridgehead atoms. The smallest absolute Gasteiger partial charge is 0.493 e. The van der Waals surface area contributed by atoms with Gasteiger partial charge in [-0.05, 0) is 42.7 Å². The molecular formula is C27H28F6O5. The zero-order valence-electron chi connectivity index (χ0n) is 20.9. The number of aryl methyl sites for hydroxylation is 1. The fourth-order valence-corrected chi connectivity index (χ4v) is 4.05. The summed E-state index contributed by atoms with van der Waals surface area (Å²) in [5, 5.41) is 0.376. The lowest BCUT2D eigenvalue weighted by atomic mass is 10.00. The molecule has 0 saturated heterocycles. The van der Waals surface area contributed by atoms with E-state index in [2.05, 4.69) is 4.74 Å². The maximum Gasteiger partial charge on any atom is 0.573 e. The number of ether oxygens (including phenoxy) is 3. The predicted molar refractivity (Wildman–Crippen MR) is 129 cm³/mol. The highest BCUT2D eigenvalue weighted by Crippen LogP contribution is 2.35. The van der Waals surface area contributed by atoms with Gasteiger partial charge >= 0.3 is 18.2 Å². The standard InChI is InChI=1S/C27H28F6O5/c1-3-4-5-6-17-7-10-21(24(11-17)38-27(31,32)33)22-12-19-8-9-20(13-23(19)37-25(22)34)36-16-18(15-35-2)14-26(28,29)30/h7-13,18H,3-6,14-16H2,1-2H3. The lowest BCUT2D eigenvalue weighted by Crippen LogP contribution is -2.24. The first-order valence-corrected chi connectivity index (χ1v) is 12.0. The second kappa shape index (κ2) is 12.6. The van der Waals surface area contributed by atoms with E-state index in [1.54, 1.807) is 6.07 Å². The minimum Gasteiger partial charge on any atom is -0.493 e. The molecule has 0 aliphatic carbocycles. The van der Waals surface area contributed by atoms with Crippen LogP contribution in [0.25, 0.3) is 22.1 Å². The van der Waals surface area contributed by atoms with E-state index < -0.39 is 36.3 Å². The van der Waals surface area contributed by atoms with Crippen molar-refractivity contribution < 1.29 is 45.0 Å². The molecule has 0 spiro atoms. The van der Waals surface area contributed by atoms with Crippen molar-refractivity contribution in [2.45, 2.75) is 51.6 Å². The number of methoxy groups -OCH3 is 1. The number of unbranched alkanes of at least 4 members (excludes halogenated alkanes) is 2. The number of alkyl halides is 6. The third kappa shape index (κ3) is 8.68. The van der Waals surface area contributed by atoms with Gasteiger partial charge in [-0.3, -0.25) is 0 Å². The largest absolute Gasteiger partial charge is 0.573 e. The summed E-state index contributed by atoms with van der Waals surface area (Å²) >= 11 is 0. The topological polar surface area (TPSA) is 57.9 Å². The van der Waals surface area contributed by atoms with Crippen LogP contribution in [0.5, 0.6) is 11.5 Å². The summed E-state index contributed by atoms with van der Waals surface area (Å²) in [5.74, 6) is -1.29. The van der Waals surface area contributed by atoms with Gasteiger partial charge in [-0.15, -0.1) is 13.2 Å². The molecule has 2 aromatic carbocycles. The predicted octanol–water partition coefficient (Wildman–Crippen LogP) is 7.69. The molecule has 0 amide bonds. The summed E-state index contributed by atoms with van der Waals surface area (Å²) in [7, 11) is 1.29. The van der Waals surface area contributed by atoms with Crippen LogP contribution in [0.15, 0.2) is 51.7 Å². The van der Waals surface area contributed by atoms with Crippen LogP contribution in [0, 0.1) is 5.92 Å². The minimum atomic E-state index is -4.97. The van der Waals surface area contributed by atoms with Gasteiger partial charge < -0.3 is 18.6 Å². The van der Waals surface area contributed by atoms with Crippen LogP contribution >= 0.6 is 0 Å². The Balaban J connectivity index is 1.89. The number of hydrogen-bond donors (Lipinski definition) is 0. The van der Waals surface area contributed by atoms with Gasteiger partial charge in [0.1, 0.15) is 17.1 Å². The second-order valence-electron chi connectivity index (χ2n) is 8.93. The lowest BCUT2D eigenvalue weighted by molar-refractivity contribution is -0.274. The van der Waals surface area contributed by atoms with Gasteiger partial charge in [0.2, 0.25) is 0 Å². The van der Waals surface area contributed by atoms with E-state index in [-0.39, 0.29) is 35.7 Å². The van der Waals surface area contributed by atoms with Crippen LogP contribution in [-0.4, -0.2) is 32.9 Å². The van der Waals surface area contributed by atoms with Crippen molar-refractivity contribution in [2.24, 2.45) is 5.92 Å². The quantitative estimate of drug-likeness (QED) is 0.132. The Hall–Kier alpha value is -3.21. The number of fused-ring (bicyclic) bond motifs is 1. The monoisotopic (exact) mass is 546 g/mol. The van der Waals surface area contributed by atoms with Crippen molar-refractivity contribution in [1.82, 2.24) is 0 Å². The molecule has 1 aromatic heterocycles. The van der Waals surface area contributed by atoms with Gasteiger partial charge in [-0.1, -0.05) is 31.9 Å².